The lowest BCUT2D eigenvalue weighted by Crippen LogP contribution is -2.66. The Balaban J connectivity index is 0.591. The Hall–Kier alpha value is -6.80. The number of thiazole rings is 1. The SMILES string of the molecule is Cc1ncsc1-c1ccc(CNC(=O)C2CC(O)CN2C(=O)[C@@H](NC(=O)C2(F)CC2)C(C)(C)C)c(OCCCCCCCCN2CCN(CC[C@H](CSc3ccccc3)Nc3ccc(S(=O)(=O)NC(=O)c4ccc(N5CCN(CC6=C(C78CC(C(F)F)(C7)C8)CC(C)(C)CC6)CC5)cc4)cc3S(=O)(=O)C(F)(F)F)CC2)c1. The second kappa shape index (κ2) is 34.3. The number of β-amino-alcohol motifs (C(OH)–C–C–N with tert-alkyl or cyclic N) is 1. The van der Waals surface area contributed by atoms with Crippen molar-refractivity contribution in [3.63, 3.8) is 0 Å². The molecular formula is C81H106F6N10O10S4. The fourth-order valence-electron chi connectivity index (χ4n) is 16.7. The fraction of sp³-hybridized carbons (Fsp3) is 0.593. The van der Waals surface area contributed by atoms with Gasteiger partial charge in [-0.3, -0.25) is 24.1 Å². The van der Waals surface area contributed by atoms with Gasteiger partial charge in [0.1, 0.15) is 22.7 Å². The third kappa shape index (κ3) is 19.9. The maximum atomic E-state index is 14.8. The molecule has 4 aromatic carbocycles. The van der Waals surface area contributed by atoms with E-state index in [4.69, 9.17) is 4.74 Å². The lowest BCUT2D eigenvalue weighted by atomic mass is 9.32. The van der Waals surface area contributed by atoms with Gasteiger partial charge in [-0.05, 0) is 167 Å². The van der Waals surface area contributed by atoms with Crippen molar-refractivity contribution in [3.05, 3.63) is 124 Å². The number of hydrogen-bond donors (Lipinski definition) is 5. The molecule has 606 valence electrons. The number of amides is 4. The second-order valence-electron chi connectivity index (χ2n) is 33.6. The summed E-state index contributed by atoms with van der Waals surface area (Å²) in [6.45, 7) is 20.3. The Morgan fingerprint density at radius 3 is 2.09 bits per heavy atom. The van der Waals surface area contributed by atoms with Crippen LogP contribution in [0.3, 0.4) is 0 Å². The molecule has 3 saturated heterocycles. The number of allylic oxidation sites excluding steroid dienone is 1. The van der Waals surface area contributed by atoms with Crippen LogP contribution in [0.25, 0.3) is 10.4 Å². The van der Waals surface area contributed by atoms with E-state index in [0.29, 0.717) is 75.1 Å². The quantitative estimate of drug-likeness (QED) is 0.0111. The number of aliphatic hydroxyl groups is 1. The van der Waals surface area contributed by atoms with Crippen LogP contribution in [0.15, 0.2) is 122 Å². The van der Waals surface area contributed by atoms with Crippen LogP contribution < -0.4 is 30.3 Å². The van der Waals surface area contributed by atoms with Crippen molar-refractivity contribution in [1.29, 1.82) is 0 Å². The van der Waals surface area contributed by atoms with Gasteiger partial charge in [-0.15, -0.1) is 23.1 Å². The maximum Gasteiger partial charge on any atom is 0.501 e. The monoisotopic (exact) mass is 1620 g/mol. The smallest absolute Gasteiger partial charge is 0.493 e. The summed E-state index contributed by atoms with van der Waals surface area (Å²) in [5, 5.41) is 19.4. The number of anilines is 2. The summed E-state index contributed by atoms with van der Waals surface area (Å²) < 4.78 is 149. The molecule has 5 aliphatic carbocycles. The number of hydrogen-bond acceptors (Lipinski definition) is 18. The lowest BCUT2D eigenvalue weighted by Gasteiger charge is -2.72. The van der Waals surface area contributed by atoms with Crippen LogP contribution >= 0.6 is 23.1 Å². The molecule has 20 nitrogen and oxygen atoms in total. The van der Waals surface area contributed by atoms with Crippen molar-refractivity contribution in [2.45, 2.75) is 207 Å². The molecule has 4 saturated carbocycles. The first-order chi connectivity index (χ1) is 52.5. The topological polar surface area (TPSA) is 243 Å². The van der Waals surface area contributed by atoms with Gasteiger partial charge in [0, 0.05) is 124 Å². The zero-order valence-electron chi connectivity index (χ0n) is 64.3. The van der Waals surface area contributed by atoms with Crippen molar-refractivity contribution < 1.29 is 72.2 Å². The van der Waals surface area contributed by atoms with E-state index in [2.05, 4.69) is 54.4 Å². The van der Waals surface area contributed by atoms with Crippen molar-refractivity contribution >= 4 is 78.0 Å². The zero-order chi connectivity index (χ0) is 79.5. The van der Waals surface area contributed by atoms with E-state index in [9.17, 15) is 67.5 Å². The third-order valence-electron chi connectivity index (χ3n) is 23.5. The van der Waals surface area contributed by atoms with E-state index in [1.807, 2.05) is 60.2 Å². The van der Waals surface area contributed by atoms with Crippen LogP contribution in [0, 0.1) is 28.6 Å². The molecule has 4 heterocycles. The summed E-state index contributed by atoms with van der Waals surface area (Å²) in [5.41, 5.74) is -1.95. The Morgan fingerprint density at radius 1 is 0.793 bits per heavy atom. The van der Waals surface area contributed by atoms with E-state index < -0.39 is 112 Å². The number of ether oxygens (including phenoxy) is 1. The molecule has 1 aromatic heterocycles. The van der Waals surface area contributed by atoms with Crippen LogP contribution in [0.1, 0.15) is 159 Å². The van der Waals surface area contributed by atoms with E-state index in [1.54, 1.807) is 38.4 Å². The molecule has 7 fully saturated rings. The molecule has 5 aromatic rings. The number of benzene rings is 4. The minimum atomic E-state index is -6.16. The first kappa shape index (κ1) is 83.6. The van der Waals surface area contributed by atoms with Crippen molar-refractivity contribution in [3.8, 4) is 16.2 Å². The molecule has 0 spiro atoms. The highest BCUT2D eigenvalue weighted by molar-refractivity contribution is 7.99. The summed E-state index contributed by atoms with van der Waals surface area (Å²) in [5.74, 6) is -2.04. The minimum absolute atomic E-state index is 0.00264. The number of aryl methyl sites for hydroxylation is 1. The van der Waals surface area contributed by atoms with Crippen LogP contribution in [0.4, 0.5) is 37.7 Å². The normalized spacial score (nSPS) is 22.8. The highest BCUT2D eigenvalue weighted by Crippen LogP contribution is 2.79. The number of nitrogens with one attached hydrogen (secondary N) is 4. The van der Waals surface area contributed by atoms with Gasteiger partial charge in [0.05, 0.1) is 39.4 Å². The Morgan fingerprint density at radius 2 is 1.45 bits per heavy atom. The van der Waals surface area contributed by atoms with Gasteiger partial charge in [0.2, 0.25) is 18.2 Å². The number of sulfone groups is 1. The number of halogens is 6. The average molecular weight is 1620 g/mol. The summed E-state index contributed by atoms with van der Waals surface area (Å²) >= 11 is 2.95. The van der Waals surface area contributed by atoms with Crippen LogP contribution in [0.5, 0.6) is 5.75 Å². The van der Waals surface area contributed by atoms with Gasteiger partial charge in [-0.2, -0.15) is 13.2 Å². The molecule has 4 atom stereocenters. The summed E-state index contributed by atoms with van der Waals surface area (Å²) in [7, 11) is -11.1. The van der Waals surface area contributed by atoms with Gasteiger partial charge < -0.3 is 45.4 Å². The Kier molecular flexibility index (Phi) is 25.9. The molecule has 13 rings (SSSR count). The van der Waals surface area contributed by atoms with E-state index in [0.717, 1.165) is 149 Å². The molecule has 4 amide bonds. The van der Waals surface area contributed by atoms with Crippen molar-refractivity contribution in [2.24, 2.45) is 21.7 Å². The number of carbonyl (C=O) groups excluding carboxylic acids is 4. The van der Waals surface area contributed by atoms with Crippen molar-refractivity contribution in [1.82, 2.24) is 39.9 Å². The number of alkyl halides is 6. The number of unbranched alkanes of at least 4 members (excludes halogenated alkanes) is 5. The number of rotatable bonds is 34. The van der Waals surface area contributed by atoms with Gasteiger partial charge in [-0.25, -0.2) is 39.7 Å². The molecular weight excluding hydrogens is 1520 g/mol. The molecule has 5 N–H and O–H groups in total. The second-order valence-corrected chi connectivity index (χ2v) is 39.1. The molecule has 8 aliphatic rings. The maximum absolute atomic E-state index is 14.8. The first-order valence-corrected chi connectivity index (χ1v) is 43.8. The minimum Gasteiger partial charge on any atom is -0.493 e. The number of likely N-dealkylation sites (tertiary alicyclic amines) is 1. The van der Waals surface area contributed by atoms with Crippen LogP contribution in [-0.4, -0.2) is 203 Å². The van der Waals surface area contributed by atoms with Gasteiger partial charge >= 0.3 is 5.51 Å². The Labute approximate surface area is 657 Å². The summed E-state index contributed by atoms with van der Waals surface area (Å²) in [6.07, 6.45) is 7.79. The number of sulfonamides is 1. The highest BCUT2D eigenvalue weighted by Gasteiger charge is 2.73. The number of thioether (sulfide) groups is 1. The molecule has 2 unspecified atom stereocenters. The van der Waals surface area contributed by atoms with Gasteiger partial charge in [0.25, 0.3) is 31.7 Å². The summed E-state index contributed by atoms with van der Waals surface area (Å²) in [4.78, 5) is 69.1. The lowest BCUT2D eigenvalue weighted by molar-refractivity contribution is -0.250. The van der Waals surface area contributed by atoms with Gasteiger partial charge in [0.15, 0.2) is 5.67 Å². The highest BCUT2D eigenvalue weighted by atomic mass is 32.2. The van der Waals surface area contributed by atoms with Crippen LogP contribution in [-0.2, 0) is 40.8 Å². The molecule has 3 aliphatic heterocycles. The predicted octanol–water partition coefficient (Wildman–Crippen LogP) is 13.2. The number of piperazine rings is 2. The van der Waals surface area contributed by atoms with Crippen LogP contribution in [0.2, 0.25) is 0 Å². The first-order valence-electron chi connectivity index (χ1n) is 38.9. The molecule has 0 radical (unpaired) electrons. The number of aliphatic hydroxyl groups excluding tert-OH is 1. The Bertz CT molecular complexity index is 4390. The third-order valence-corrected chi connectivity index (χ3v) is 28.5. The molecule has 2 bridgehead atoms. The predicted molar refractivity (Wildman–Crippen MR) is 419 cm³/mol. The zero-order valence-corrected chi connectivity index (χ0v) is 67.5. The standard InChI is InChI=1S/C81H106F6N10O10S4/c1-54-69(109-53-89-54)56-18-19-57(46-88-72(100)66-43-61(98)48-97(66)73(101)70(76(2,3)4)91-75(102)80(84)29-30-80)67(42-56)107-41-15-10-8-7-9-14-31-93-33-35-94(36-34-93)32-27-59(49-108-62-16-12-11-13-17-62)90-65-25-24-63(44-68(65)110(103,104)81(85,86)87)111(105,106)92-71(99)55-20-22-60(23-21-55)96-39-37-95(38-40-96)47-58-26-28-77(5,6)45-64(58)78-50-79(51-78,52-78)74(82)83/h11-13,16-25,42,44,53,59,61,66,70,74,90,98H,7-10,14-15,26-41,43,45-52H2,1-6H3,(H,88,100)(H,91,102)(H,92,99)/t59-,61?,66?,70-,78?,79?/m1/s1. The van der Waals surface area contributed by atoms with E-state index >= 15 is 0 Å². The molecule has 111 heavy (non-hydrogen) atoms. The summed E-state index contributed by atoms with van der Waals surface area (Å²) in [6, 6.07) is 21.2. The number of nitrogens with zero attached hydrogens (tertiary/aromatic N) is 6. The molecule has 30 heteroatoms. The number of aromatic nitrogens is 1. The van der Waals surface area contributed by atoms with E-state index in [-0.39, 0.29) is 48.7 Å². The van der Waals surface area contributed by atoms with Gasteiger partial charge in [-0.1, -0.05) is 102 Å². The van der Waals surface area contributed by atoms with Crippen molar-refractivity contribution in [2.75, 3.05) is 101 Å². The fourth-order valence-corrected chi connectivity index (χ4v) is 20.5. The average Bonchev–Trinajstić information content (AvgIpc) is 0.978. The number of carbonyl (C=O) groups is 4. The largest absolute Gasteiger partial charge is 0.501 e. The van der Waals surface area contributed by atoms with E-state index in [1.165, 1.54) is 51.3 Å².